The van der Waals surface area contributed by atoms with Crippen LogP contribution < -0.4 is 10.6 Å². The first-order chi connectivity index (χ1) is 10.0. The number of hydrogen-bond donors (Lipinski definition) is 2. The summed E-state index contributed by atoms with van der Waals surface area (Å²) in [6.07, 6.45) is 2.15. The van der Waals surface area contributed by atoms with Gasteiger partial charge in [-0.3, -0.25) is 4.99 Å². The van der Waals surface area contributed by atoms with Gasteiger partial charge < -0.3 is 15.4 Å². The van der Waals surface area contributed by atoms with Gasteiger partial charge >= 0.3 is 0 Å². The van der Waals surface area contributed by atoms with E-state index in [4.69, 9.17) is 4.74 Å². The van der Waals surface area contributed by atoms with E-state index in [9.17, 15) is 4.39 Å². The fraction of sp³-hybridized carbons (Fsp3) is 0.533. The number of nitrogens with one attached hydrogen (secondary N) is 2. The molecular weight excluding hydrogens is 464 g/mol. The summed E-state index contributed by atoms with van der Waals surface area (Å²) in [7, 11) is 1.72. The van der Waals surface area contributed by atoms with E-state index < -0.39 is 0 Å². The molecule has 124 valence electrons. The first-order valence-corrected chi connectivity index (χ1v) is 7.84. The van der Waals surface area contributed by atoms with Crippen LogP contribution in [-0.4, -0.2) is 31.8 Å². The monoisotopic (exact) mass is 485 g/mol. The molecule has 1 aliphatic heterocycles. The molecule has 1 heterocycles. The molecule has 0 aliphatic carbocycles. The Kier molecular flexibility index (Phi) is 8.06. The van der Waals surface area contributed by atoms with Gasteiger partial charge in [0.25, 0.3) is 0 Å². The normalized spacial score (nSPS) is 21.4. The highest BCUT2D eigenvalue weighted by Crippen LogP contribution is 2.23. The van der Waals surface area contributed by atoms with Crippen LogP contribution in [0.4, 0.5) is 4.39 Å². The summed E-state index contributed by atoms with van der Waals surface area (Å²) in [5.41, 5.74) is 0.739. The predicted molar refractivity (Wildman–Crippen MR) is 101 cm³/mol. The number of guanidine groups is 1. The van der Waals surface area contributed by atoms with Gasteiger partial charge in [0, 0.05) is 26.7 Å². The number of rotatable bonds is 4. The van der Waals surface area contributed by atoms with Crippen LogP contribution in [0.3, 0.4) is 0 Å². The fourth-order valence-corrected chi connectivity index (χ4v) is 2.55. The highest BCUT2D eigenvalue weighted by Gasteiger charge is 2.29. The molecule has 0 spiro atoms. The van der Waals surface area contributed by atoms with Crippen molar-refractivity contribution in [3.8, 4) is 0 Å². The van der Waals surface area contributed by atoms with Crippen molar-refractivity contribution in [3.05, 3.63) is 34.1 Å². The zero-order valence-electron chi connectivity index (χ0n) is 12.8. The lowest BCUT2D eigenvalue weighted by Gasteiger charge is -2.24. The molecule has 2 rings (SSSR count). The van der Waals surface area contributed by atoms with Crippen LogP contribution in [-0.2, 0) is 11.3 Å². The summed E-state index contributed by atoms with van der Waals surface area (Å²) in [5.74, 6) is 0.430. The van der Waals surface area contributed by atoms with Crippen LogP contribution >= 0.6 is 39.9 Å². The molecule has 1 aliphatic rings. The molecule has 0 bridgehead atoms. The third kappa shape index (κ3) is 5.66. The molecule has 22 heavy (non-hydrogen) atoms. The molecule has 0 saturated carbocycles. The van der Waals surface area contributed by atoms with Crippen LogP contribution in [0.2, 0.25) is 0 Å². The van der Waals surface area contributed by atoms with Crippen molar-refractivity contribution in [2.75, 3.05) is 20.2 Å². The van der Waals surface area contributed by atoms with E-state index in [-0.39, 0.29) is 35.4 Å². The third-order valence-corrected chi connectivity index (χ3v) is 4.24. The first kappa shape index (κ1) is 19.6. The maximum atomic E-state index is 13.5. The van der Waals surface area contributed by atoms with Crippen molar-refractivity contribution < 1.29 is 9.13 Å². The molecule has 0 amide bonds. The van der Waals surface area contributed by atoms with Gasteiger partial charge in [-0.1, -0.05) is 6.07 Å². The molecule has 1 atom stereocenters. The molecule has 0 aromatic heterocycles. The van der Waals surface area contributed by atoms with E-state index >= 15 is 0 Å². The molecule has 1 unspecified atom stereocenters. The fourth-order valence-electron chi connectivity index (χ4n) is 2.30. The molecule has 1 aromatic carbocycles. The largest absolute Gasteiger partial charge is 0.373 e. The number of nitrogens with zero attached hydrogens (tertiary/aromatic N) is 1. The Labute approximate surface area is 156 Å². The van der Waals surface area contributed by atoms with Gasteiger partial charge in [-0.05, 0) is 53.4 Å². The topological polar surface area (TPSA) is 45.7 Å². The van der Waals surface area contributed by atoms with E-state index in [0.29, 0.717) is 23.5 Å². The van der Waals surface area contributed by atoms with Gasteiger partial charge in [-0.2, -0.15) is 0 Å². The average molecular weight is 486 g/mol. The van der Waals surface area contributed by atoms with Crippen LogP contribution in [0.25, 0.3) is 0 Å². The molecule has 1 saturated heterocycles. The second-order valence-corrected chi connectivity index (χ2v) is 6.28. The summed E-state index contributed by atoms with van der Waals surface area (Å²) in [6.45, 7) is 4.15. The molecular formula is C15H22BrFIN3O. The average Bonchev–Trinajstić information content (AvgIpc) is 2.90. The van der Waals surface area contributed by atoms with Crippen LogP contribution in [0.15, 0.2) is 27.7 Å². The maximum absolute atomic E-state index is 13.5. The number of halogens is 3. The van der Waals surface area contributed by atoms with Crippen molar-refractivity contribution in [2.45, 2.75) is 31.9 Å². The number of hydrogen-bond acceptors (Lipinski definition) is 2. The predicted octanol–water partition coefficient (Wildman–Crippen LogP) is 3.44. The Morgan fingerprint density at radius 2 is 2.23 bits per heavy atom. The van der Waals surface area contributed by atoms with E-state index in [1.54, 1.807) is 13.1 Å². The number of aliphatic imine (C=N–C) groups is 1. The van der Waals surface area contributed by atoms with Crippen molar-refractivity contribution in [1.82, 2.24) is 10.6 Å². The summed E-state index contributed by atoms with van der Waals surface area (Å²) < 4.78 is 19.7. The van der Waals surface area contributed by atoms with E-state index in [0.717, 1.165) is 25.0 Å². The van der Waals surface area contributed by atoms with Gasteiger partial charge in [0.15, 0.2) is 5.96 Å². The standard InChI is InChI=1S/C15H21BrFN3O.HI/c1-15(6-3-7-21-15)10-20-14(18-2)19-9-11-4-5-12(16)13(17)8-11;/h4-5,8H,3,6-7,9-10H2,1-2H3,(H2,18,19,20);1H. The van der Waals surface area contributed by atoms with E-state index in [1.165, 1.54) is 6.07 Å². The van der Waals surface area contributed by atoms with Crippen LogP contribution in [0, 0.1) is 5.82 Å². The second kappa shape index (κ2) is 9.02. The van der Waals surface area contributed by atoms with E-state index in [1.807, 2.05) is 6.07 Å². The molecule has 4 nitrogen and oxygen atoms in total. The Balaban J connectivity index is 0.00000242. The quantitative estimate of drug-likeness (QED) is 0.390. The minimum atomic E-state index is -0.260. The zero-order chi connectivity index (χ0) is 15.3. The second-order valence-electron chi connectivity index (χ2n) is 5.43. The Morgan fingerprint density at radius 3 is 2.82 bits per heavy atom. The van der Waals surface area contributed by atoms with Gasteiger partial charge in [0.1, 0.15) is 5.82 Å². The SMILES string of the molecule is CN=C(NCc1ccc(Br)c(F)c1)NCC1(C)CCCO1.I. The highest BCUT2D eigenvalue weighted by atomic mass is 127. The number of benzene rings is 1. The van der Waals surface area contributed by atoms with Crippen molar-refractivity contribution in [1.29, 1.82) is 0 Å². The van der Waals surface area contributed by atoms with Crippen LogP contribution in [0.5, 0.6) is 0 Å². The van der Waals surface area contributed by atoms with Crippen molar-refractivity contribution in [2.24, 2.45) is 4.99 Å². The lowest BCUT2D eigenvalue weighted by molar-refractivity contribution is 0.0243. The minimum absolute atomic E-state index is 0. The van der Waals surface area contributed by atoms with Gasteiger partial charge in [0.2, 0.25) is 0 Å². The summed E-state index contributed by atoms with van der Waals surface area (Å²) >= 11 is 3.15. The Morgan fingerprint density at radius 1 is 1.45 bits per heavy atom. The van der Waals surface area contributed by atoms with Crippen LogP contribution in [0.1, 0.15) is 25.3 Å². The molecule has 1 aromatic rings. The lowest BCUT2D eigenvalue weighted by atomic mass is 10.0. The van der Waals surface area contributed by atoms with Gasteiger partial charge in [-0.25, -0.2) is 4.39 Å². The van der Waals surface area contributed by atoms with E-state index in [2.05, 4.69) is 38.5 Å². The smallest absolute Gasteiger partial charge is 0.191 e. The molecule has 0 radical (unpaired) electrons. The highest BCUT2D eigenvalue weighted by molar-refractivity contribution is 14.0. The molecule has 2 N–H and O–H groups in total. The van der Waals surface area contributed by atoms with Crippen molar-refractivity contribution >= 4 is 45.9 Å². The zero-order valence-corrected chi connectivity index (χ0v) is 16.7. The minimum Gasteiger partial charge on any atom is -0.373 e. The maximum Gasteiger partial charge on any atom is 0.191 e. The Bertz CT molecular complexity index is 522. The third-order valence-electron chi connectivity index (χ3n) is 3.60. The summed E-state index contributed by atoms with van der Waals surface area (Å²) in [4.78, 5) is 4.17. The molecule has 7 heteroatoms. The Hall–Kier alpha value is -0.410. The first-order valence-electron chi connectivity index (χ1n) is 7.05. The van der Waals surface area contributed by atoms with Gasteiger partial charge in [0.05, 0.1) is 10.1 Å². The lowest BCUT2D eigenvalue weighted by Crippen LogP contribution is -2.45. The number of ether oxygens (including phenoxy) is 1. The summed E-state index contributed by atoms with van der Waals surface area (Å²) in [6, 6.07) is 5.08. The summed E-state index contributed by atoms with van der Waals surface area (Å²) in [5, 5.41) is 6.43. The molecule has 1 fully saturated rings. The van der Waals surface area contributed by atoms with Gasteiger partial charge in [-0.15, -0.1) is 24.0 Å². The van der Waals surface area contributed by atoms with Crippen molar-refractivity contribution in [3.63, 3.8) is 0 Å².